The van der Waals surface area contributed by atoms with Crippen LogP contribution in [0, 0.1) is 0 Å². The molecule has 0 aliphatic carbocycles. The van der Waals surface area contributed by atoms with Crippen molar-refractivity contribution in [2.45, 2.75) is 12.8 Å². The summed E-state index contributed by atoms with van der Waals surface area (Å²) in [5, 5.41) is 5.78. The van der Waals surface area contributed by atoms with Crippen LogP contribution in [0.3, 0.4) is 0 Å². The monoisotopic (exact) mass is 418 g/mol. The number of aromatic nitrogens is 2. The van der Waals surface area contributed by atoms with Crippen molar-refractivity contribution in [1.29, 1.82) is 0 Å². The fourth-order valence-corrected chi connectivity index (χ4v) is 3.47. The largest absolute Gasteiger partial charge is 0.385 e. The molecule has 2 heterocycles. The van der Waals surface area contributed by atoms with Crippen LogP contribution in [-0.4, -0.2) is 91.1 Å². The number of rotatable bonds is 10. The summed E-state index contributed by atoms with van der Waals surface area (Å²) in [6.45, 7) is 5.65. The van der Waals surface area contributed by atoms with Gasteiger partial charge < -0.3 is 30.2 Å². The third-order valence-corrected chi connectivity index (χ3v) is 5.13. The maximum absolute atomic E-state index is 12.3. The predicted molar refractivity (Wildman–Crippen MR) is 115 cm³/mol. The van der Waals surface area contributed by atoms with E-state index in [2.05, 4.69) is 30.4 Å². The van der Waals surface area contributed by atoms with Crippen molar-refractivity contribution in [3.05, 3.63) is 28.7 Å². The van der Waals surface area contributed by atoms with Crippen molar-refractivity contribution in [2.24, 2.45) is 0 Å². The molecule has 10 heteroatoms. The van der Waals surface area contributed by atoms with Crippen LogP contribution in [0.4, 0.5) is 5.69 Å². The maximum Gasteiger partial charge on any atom is 0.323 e. The third kappa shape index (κ3) is 6.68. The van der Waals surface area contributed by atoms with E-state index in [0.717, 1.165) is 32.6 Å². The lowest BCUT2D eigenvalue weighted by Crippen LogP contribution is -2.49. The Labute approximate surface area is 174 Å². The SMILES string of the molecule is COCCCNC(=O)CN1CCN(CCC(=O)Nc2ccc3[nH]c(=O)[nH]c3c2)CC1. The summed E-state index contributed by atoms with van der Waals surface area (Å²) in [6.07, 6.45) is 1.21. The number of carbonyl (C=O) groups excluding carboxylic acids is 2. The molecule has 0 bridgehead atoms. The van der Waals surface area contributed by atoms with Gasteiger partial charge in [0.25, 0.3) is 0 Å². The zero-order valence-corrected chi connectivity index (χ0v) is 17.3. The molecule has 1 aliphatic heterocycles. The highest BCUT2D eigenvalue weighted by Gasteiger charge is 2.19. The summed E-state index contributed by atoms with van der Waals surface area (Å²) in [5.74, 6) is -0.0234. The number of hydrogen-bond acceptors (Lipinski definition) is 6. The fourth-order valence-electron chi connectivity index (χ4n) is 3.47. The van der Waals surface area contributed by atoms with Crippen molar-refractivity contribution in [1.82, 2.24) is 25.1 Å². The van der Waals surface area contributed by atoms with E-state index in [4.69, 9.17) is 4.74 Å². The molecule has 2 aromatic rings. The molecule has 2 amide bonds. The number of methoxy groups -OCH3 is 1. The van der Waals surface area contributed by atoms with Crippen LogP contribution in [0.25, 0.3) is 11.0 Å². The van der Waals surface area contributed by atoms with Crippen molar-refractivity contribution in [3.63, 3.8) is 0 Å². The summed E-state index contributed by atoms with van der Waals surface area (Å²) >= 11 is 0. The Morgan fingerprint density at radius 2 is 1.80 bits per heavy atom. The number of imidazole rings is 1. The number of nitrogens with zero attached hydrogens (tertiary/aromatic N) is 2. The Hall–Kier alpha value is -2.69. The van der Waals surface area contributed by atoms with Gasteiger partial charge in [-0.1, -0.05) is 0 Å². The van der Waals surface area contributed by atoms with Gasteiger partial charge in [-0.05, 0) is 24.6 Å². The molecule has 164 valence electrons. The third-order valence-electron chi connectivity index (χ3n) is 5.13. The summed E-state index contributed by atoms with van der Waals surface area (Å²) in [4.78, 5) is 45.3. The number of benzene rings is 1. The predicted octanol–water partition coefficient (Wildman–Crippen LogP) is -0.0449. The molecule has 0 radical (unpaired) electrons. The number of aromatic amines is 2. The van der Waals surface area contributed by atoms with E-state index in [0.29, 0.717) is 49.4 Å². The molecule has 1 fully saturated rings. The zero-order chi connectivity index (χ0) is 21.3. The second kappa shape index (κ2) is 10.9. The minimum atomic E-state index is -0.267. The summed E-state index contributed by atoms with van der Waals surface area (Å²) in [7, 11) is 1.65. The molecule has 1 aromatic carbocycles. The number of fused-ring (bicyclic) bond motifs is 1. The Bertz CT molecular complexity index is 900. The Kier molecular flexibility index (Phi) is 8.00. The number of hydrogen-bond donors (Lipinski definition) is 4. The van der Waals surface area contributed by atoms with Gasteiger partial charge in [0.15, 0.2) is 0 Å². The van der Waals surface area contributed by atoms with Crippen molar-refractivity contribution in [2.75, 3.05) is 64.8 Å². The molecule has 0 unspecified atom stereocenters. The minimum absolute atomic E-state index is 0.0414. The van der Waals surface area contributed by atoms with E-state index in [9.17, 15) is 14.4 Å². The van der Waals surface area contributed by atoms with Gasteiger partial charge in [0.2, 0.25) is 11.8 Å². The van der Waals surface area contributed by atoms with Crippen molar-refractivity contribution >= 4 is 28.5 Å². The van der Waals surface area contributed by atoms with Gasteiger partial charge in [0.1, 0.15) is 0 Å². The van der Waals surface area contributed by atoms with E-state index in [-0.39, 0.29) is 17.5 Å². The van der Waals surface area contributed by atoms with Crippen LogP contribution >= 0.6 is 0 Å². The van der Waals surface area contributed by atoms with Crippen LogP contribution in [0.2, 0.25) is 0 Å². The Morgan fingerprint density at radius 3 is 2.57 bits per heavy atom. The number of carbonyl (C=O) groups is 2. The van der Waals surface area contributed by atoms with Crippen LogP contribution < -0.4 is 16.3 Å². The second-order valence-corrected chi connectivity index (χ2v) is 7.45. The lowest BCUT2D eigenvalue weighted by atomic mass is 10.2. The van der Waals surface area contributed by atoms with Gasteiger partial charge in [0.05, 0.1) is 17.6 Å². The molecule has 0 saturated carbocycles. The van der Waals surface area contributed by atoms with Gasteiger partial charge in [-0.25, -0.2) is 4.79 Å². The number of amides is 2. The smallest absolute Gasteiger partial charge is 0.323 e. The number of nitrogens with one attached hydrogen (secondary N) is 4. The molecular formula is C20H30N6O4. The van der Waals surface area contributed by atoms with Crippen molar-refractivity contribution < 1.29 is 14.3 Å². The average molecular weight is 418 g/mol. The first-order chi connectivity index (χ1) is 14.5. The molecule has 1 aliphatic rings. The second-order valence-electron chi connectivity index (χ2n) is 7.45. The van der Waals surface area contributed by atoms with Crippen LogP contribution in [0.5, 0.6) is 0 Å². The van der Waals surface area contributed by atoms with E-state index >= 15 is 0 Å². The Balaban J connectivity index is 1.33. The summed E-state index contributed by atoms with van der Waals surface area (Å²) in [6, 6.07) is 5.27. The molecular weight excluding hydrogens is 388 g/mol. The zero-order valence-electron chi connectivity index (χ0n) is 17.3. The van der Waals surface area contributed by atoms with Gasteiger partial charge in [0, 0.05) is 65.1 Å². The summed E-state index contributed by atoms with van der Waals surface area (Å²) in [5.41, 5.74) is 1.76. The number of piperazine rings is 1. The molecule has 1 aromatic heterocycles. The lowest BCUT2D eigenvalue weighted by molar-refractivity contribution is -0.122. The highest BCUT2D eigenvalue weighted by molar-refractivity contribution is 5.93. The van der Waals surface area contributed by atoms with E-state index < -0.39 is 0 Å². The molecule has 4 N–H and O–H groups in total. The van der Waals surface area contributed by atoms with E-state index in [1.54, 1.807) is 25.3 Å². The van der Waals surface area contributed by atoms with Crippen LogP contribution in [0.1, 0.15) is 12.8 Å². The number of anilines is 1. The van der Waals surface area contributed by atoms with Gasteiger partial charge in [-0.3, -0.25) is 14.5 Å². The highest BCUT2D eigenvalue weighted by atomic mass is 16.5. The molecule has 10 nitrogen and oxygen atoms in total. The average Bonchev–Trinajstić information content (AvgIpc) is 3.10. The highest BCUT2D eigenvalue weighted by Crippen LogP contribution is 2.14. The molecule has 0 atom stereocenters. The maximum atomic E-state index is 12.3. The first-order valence-electron chi connectivity index (χ1n) is 10.3. The van der Waals surface area contributed by atoms with Crippen LogP contribution in [0.15, 0.2) is 23.0 Å². The first-order valence-corrected chi connectivity index (χ1v) is 10.3. The van der Waals surface area contributed by atoms with Crippen LogP contribution in [-0.2, 0) is 14.3 Å². The molecule has 30 heavy (non-hydrogen) atoms. The fraction of sp³-hybridized carbons (Fsp3) is 0.550. The van der Waals surface area contributed by atoms with Gasteiger partial charge in [-0.2, -0.15) is 0 Å². The van der Waals surface area contributed by atoms with Gasteiger partial charge >= 0.3 is 5.69 Å². The number of H-pyrrole nitrogens is 2. The normalized spacial score (nSPS) is 15.4. The lowest BCUT2D eigenvalue weighted by Gasteiger charge is -2.34. The number of ether oxygens (including phenoxy) is 1. The topological polar surface area (TPSA) is 123 Å². The van der Waals surface area contributed by atoms with E-state index in [1.807, 2.05) is 0 Å². The Morgan fingerprint density at radius 1 is 1.07 bits per heavy atom. The van der Waals surface area contributed by atoms with Gasteiger partial charge in [-0.15, -0.1) is 0 Å². The first kappa shape index (κ1) is 22.0. The standard InChI is InChI=1S/C20H30N6O4/c1-30-12-2-6-21-19(28)14-26-10-8-25(9-11-26)7-5-18(27)22-15-3-4-16-17(13-15)24-20(29)23-16/h3-4,13H,2,5-12,14H2,1H3,(H,21,28)(H,22,27)(H2,23,24,29). The molecule has 3 rings (SSSR count). The molecule has 0 spiro atoms. The molecule has 1 saturated heterocycles. The quantitative estimate of drug-likeness (QED) is 0.402. The summed E-state index contributed by atoms with van der Waals surface area (Å²) < 4.78 is 4.97. The van der Waals surface area contributed by atoms with Crippen molar-refractivity contribution in [3.8, 4) is 0 Å². The minimum Gasteiger partial charge on any atom is -0.385 e. The van der Waals surface area contributed by atoms with E-state index in [1.165, 1.54) is 0 Å².